The van der Waals surface area contributed by atoms with Gasteiger partial charge in [-0.05, 0) is 41.4 Å². The minimum Gasteiger partial charge on any atom is -0.453 e. The van der Waals surface area contributed by atoms with Gasteiger partial charge in [-0.15, -0.1) is 11.3 Å². The maximum atomic E-state index is 5.43. The predicted molar refractivity (Wildman–Crippen MR) is 73.2 cm³/mol. The van der Waals surface area contributed by atoms with Crippen molar-refractivity contribution in [3.63, 3.8) is 0 Å². The minimum absolute atomic E-state index is 0.254. The molecule has 0 aliphatic rings. The topological polar surface area (TPSA) is 38.1 Å². The summed E-state index contributed by atoms with van der Waals surface area (Å²) in [7, 11) is 0. The maximum absolute atomic E-state index is 5.43. The number of furan rings is 1. The lowest BCUT2D eigenvalue weighted by Crippen LogP contribution is -2.17. The summed E-state index contributed by atoms with van der Waals surface area (Å²) in [6.45, 7) is 4.99. The second-order valence-corrected chi connectivity index (χ2v) is 5.76. The molecule has 0 amide bonds. The molecule has 0 radical (unpaired) electrons. The fourth-order valence-electron chi connectivity index (χ4n) is 1.47. The van der Waals surface area contributed by atoms with Crippen LogP contribution >= 0.6 is 27.3 Å². The van der Waals surface area contributed by atoms with E-state index in [2.05, 4.69) is 40.1 Å². The highest BCUT2D eigenvalue weighted by Crippen LogP contribution is 2.21. The average Bonchev–Trinajstić information content (AvgIpc) is 2.94. The highest BCUT2D eigenvalue weighted by molar-refractivity contribution is 9.10. The quantitative estimate of drug-likeness (QED) is 0.909. The molecule has 2 rings (SSSR count). The number of aromatic nitrogens is 1. The largest absolute Gasteiger partial charge is 0.453 e. The molecule has 2 aromatic rings. The van der Waals surface area contributed by atoms with E-state index in [-0.39, 0.29) is 6.04 Å². The maximum Gasteiger partial charge on any atom is 0.169 e. The van der Waals surface area contributed by atoms with Crippen LogP contribution in [-0.2, 0) is 13.0 Å². The Bertz CT molecular complexity index is 480. The van der Waals surface area contributed by atoms with Crippen LogP contribution in [0.4, 0.5) is 0 Å². The third-order valence-corrected chi connectivity index (χ3v) is 4.25. The summed E-state index contributed by atoms with van der Waals surface area (Å²) >= 11 is 5.06. The van der Waals surface area contributed by atoms with E-state index in [0.29, 0.717) is 6.54 Å². The van der Waals surface area contributed by atoms with Crippen LogP contribution in [0.3, 0.4) is 0 Å². The van der Waals surface area contributed by atoms with E-state index in [1.165, 1.54) is 4.88 Å². The van der Waals surface area contributed by atoms with Crippen molar-refractivity contribution >= 4 is 27.3 Å². The summed E-state index contributed by atoms with van der Waals surface area (Å²) in [5.74, 6) is 0.927. The van der Waals surface area contributed by atoms with Crippen LogP contribution in [0.2, 0.25) is 0 Å². The Kier molecular flexibility index (Phi) is 4.36. The molecule has 17 heavy (non-hydrogen) atoms. The van der Waals surface area contributed by atoms with E-state index in [0.717, 1.165) is 21.9 Å². The molecule has 1 atom stereocenters. The molecule has 0 aliphatic carbocycles. The third-order valence-electron chi connectivity index (χ3n) is 2.50. The van der Waals surface area contributed by atoms with Crippen molar-refractivity contribution in [1.29, 1.82) is 0 Å². The first-order valence-corrected chi connectivity index (χ1v) is 7.22. The summed E-state index contributed by atoms with van der Waals surface area (Å²) in [6, 6.07) is 4.12. The SMILES string of the molecule is CCc1cnc(C(C)NCc2ccc(Br)o2)s1. The van der Waals surface area contributed by atoms with Crippen molar-refractivity contribution in [1.82, 2.24) is 10.3 Å². The van der Waals surface area contributed by atoms with Gasteiger partial charge in [0.25, 0.3) is 0 Å². The van der Waals surface area contributed by atoms with Crippen molar-refractivity contribution in [2.45, 2.75) is 32.9 Å². The molecular weight excluding hydrogens is 300 g/mol. The van der Waals surface area contributed by atoms with E-state index in [9.17, 15) is 0 Å². The van der Waals surface area contributed by atoms with Gasteiger partial charge in [-0.3, -0.25) is 0 Å². The first kappa shape index (κ1) is 12.8. The molecule has 0 bridgehead atoms. The van der Waals surface area contributed by atoms with Crippen LogP contribution in [0.5, 0.6) is 0 Å². The van der Waals surface area contributed by atoms with Crippen LogP contribution < -0.4 is 5.32 Å². The Morgan fingerprint density at radius 1 is 1.53 bits per heavy atom. The Morgan fingerprint density at radius 3 is 2.94 bits per heavy atom. The summed E-state index contributed by atoms with van der Waals surface area (Å²) in [5, 5.41) is 4.53. The molecule has 3 nitrogen and oxygen atoms in total. The van der Waals surface area contributed by atoms with Gasteiger partial charge in [0.05, 0.1) is 12.6 Å². The monoisotopic (exact) mass is 314 g/mol. The van der Waals surface area contributed by atoms with Gasteiger partial charge >= 0.3 is 0 Å². The molecule has 0 aromatic carbocycles. The summed E-state index contributed by atoms with van der Waals surface area (Å²) in [6.07, 6.45) is 3.01. The second kappa shape index (κ2) is 5.80. The van der Waals surface area contributed by atoms with Gasteiger partial charge in [-0.2, -0.15) is 0 Å². The first-order chi connectivity index (χ1) is 8.19. The molecule has 1 N–H and O–H groups in total. The number of thiazole rings is 1. The second-order valence-electron chi connectivity index (χ2n) is 3.83. The Morgan fingerprint density at radius 2 is 2.35 bits per heavy atom. The fourth-order valence-corrected chi connectivity index (χ4v) is 2.70. The lowest BCUT2D eigenvalue weighted by molar-refractivity contribution is 0.446. The Labute approximate surface area is 113 Å². The van der Waals surface area contributed by atoms with Gasteiger partial charge < -0.3 is 9.73 Å². The predicted octanol–water partition coefficient (Wildman–Crippen LogP) is 3.91. The smallest absolute Gasteiger partial charge is 0.169 e. The molecule has 92 valence electrons. The molecule has 0 aliphatic heterocycles. The van der Waals surface area contributed by atoms with E-state index >= 15 is 0 Å². The van der Waals surface area contributed by atoms with Crippen LogP contribution in [-0.4, -0.2) is 4.98 Å². The molecule has 2 heterocycles. The van der Waals surface area contributed by atoms with Crippen LogP contribution in [0.1, 0.15) is 35.5 Å². The lowest BCUT2D eigenvalue weighted by Gasteiger charge is -2.09. The standard InChI is InChI=1S/C12H15BrN2OS/c1-3-10-7-15-12(17-10)8(2)14-6-9-4-5-11(13)16-9/h4-5,7-8,14H,3,6H2,1-2H3. The number of hydrogen-bond acceptors (Lipinski definition) is 4. The summed E-state index contributed by atoms with van der Waals surface area (Å²) in [4.78, 5) is 5.75. The van der Waals surface area contributed by atoms with Gasteiger partial charge in [0.2, 0.25) is 0 Å². The van der Waals surface area contributed by atoms with Crippen molar-refractivity contribution in [2.75, 3.05) is 0 Å². The van der Waals surface area contributed by atoms with Crippen molar-refractivity contribution in [3.05, 3.63) is 38.6 Å². The number of halogens is 1. The van der Waals surface area contributed by atoms with Gasteiger partial charge in [-0.1, -0.05) is 6.92 Å². The number of nitrogens with one attached hydrogen (secondary N) is 1. The summed E-state index contributed by atoms with van der Waals surface area (Å²) < 4.78 is 6.20. The van der Waals surface area contributed by atoms with Gasteiger partial charge in [0.1, 0.15) is 10.8 Å². The average molecular weight is 315 g/mol. The zero-order valence-corrected chi connectivity index (χ0v) is 12.3. The normalized spacial score (nSPS) is 12.9. The molecule has 5 heteroatoms. The number of rotatable bonds is 5. The van der Waals surface area contributed by atoms with Crippen LogP contribution in [0.15, 0.2) is 27.4 Å². The molecule has 2 aromatic heterocycles. The molecule has 0 spiro atoms. The zero-order valence-electron chi connectivity index (χ0n) is 9.87. The van der Waals surface area contributed by atoms with Crippen LogP contribution in [0, 0.1) is 0 Å². The molecular formula is C12H15BrN2OS. The zero-order chi connectivity index (χ0) is 12.3. The lowest BCUT2D eigenvalue weighted by atomic mass is 10.3. The first-order valence-electron chi connectivity index (χ1n) is 5.61. The van der Waals surface area contributed by atoms with Crippen molar-refractivity contribution < 1.29 is 4.42 Å². The van der Waals surface area contributed by atoms with Gasteiger partial charge in [0, 0.05) is 11.1 Å². The van der Waals surface area contributed by atoms with Crippen molar-refractivity contribution in [2.24, 2.45) is 0 Å². The summed E-state index contributed by atoms with van der Waals surface area (Å²) in [5.41, 5.74) is 0. The Balaban J connectivity index is 1.90. The number of hydrogen-bond donors (Lipinski definition) is 1. The van der Waals surface area contributed by atoms with Crippen molar-refractivity contribution in [3.8, 4) is 0 Å². The van der Waals surface area contributed by atoms with E-state index < -0.39 is 0 Å². The highest BCUT2D eigenvalue weighted by Gasteiger charge is 2.10. The van der Waals surface area contributed by atoms with Crippen LogP contribution in [0.25, 0.3) is 0 Å². The molecule has 0 saturated heterocycles. The molecule has 0 fully saturated rings. The minimum atomic E-state index is 0.254. The third kappa shape index (κ3) is 3.40. The Hall–Kier alpha value is -0.650. The van der Waals surface area contributed by atoms with Gasteiger partial charge in [-0.25, -0.2) is 4.98 Å². The fraction of sp³-hybridized carbons (Fsp3) is 0.417. The van der Waals surface area contributed by atoms with E-state index in [1.807, 2.05) is 18.3 Å². The number of nitrogens with zero attached hydrogens (tertiary/aromatic N) is 1. The van der Waals surface area contributed by atoms with Gasteiger partial charge in [0.15, 0.2) is 4.67 Å². The number of aryl methyl sites for hydroxylation is 1. The molecule has 1 unspecified atom stereocenters. The highest BCUT2D eigenvalue weighted by atomic mass is 79.9. The van der Waals surface area contributed by atoms with E-state index in [1.54, 1.807) is 11.3 Å². The molecule has 0 saturated carbocycles. The van der Waals surface area contributed by atoms with E-state index in [4.69, 9.17) is 4.42 Å².